The van der Waals surface area contributed by atoms with Crippen LogP contribution in [0.5, 0.6) is 0 Å². The maximum Gasteiger partial charge on any atom is 0.438 e. The zero-order chi connectivity index (χ0) is 19.7. The normalized spacial score (nSPS) is 20.6. The summed E-state index contributed by atoms with van der Waals surface area (Å²) in [5.41, 5.74) is -0.756. The van der Waals surface area contributed by atoms with E-state index in [2.05, 4.69) is 10.6 Å². The zero-order valence-electron chi connectivity index (χ0n) is 17.1. The average Bonchev–Trinajstić information content (AvgIpc) is 2.61. The van der Waals surface area contributed by atoms with Gasteiger partial charge in [0.05, 0.1) is 0 Å². The molecule has 1 unspecified atom stereocenters. The highest BCUT2D eigenvalue weighted by atomic mass is 17.2. The molecule has 0 saturated heterocycles. The van der Waals surface area contributed by atoms with Crippen molar-refractivity contribution < 1.29 is 24.1 Å². The van der Waals surface area contributed by atoms with Gasteiger partial charge in [0.2, 0.25) is 0 Å². The fraction of sp³-hybridized carbons (Fsp3) is 0.900. The van der Waals surface area contributed by atoms with Crippen LogP contribution in [0.2, 0.25) is 0 Å². The molecule has 0 heterocycles. The number of alkyl carbamates (subject to hydrolysis) is 1. The molecule has 0 aromatic rings. The van der Waals surface area contributed by atoms with Crippen LogP contribution in [-0.2, 0) is 14.5 Å². The summed E-state index contributed by atoms with van der Waals surface area (Å²) >= 11 is 0. The van der Waals surface area contributed by atoms with Gasteiger partial charge in [-0.05, 0) is 46.5 Å². The first-order chi connectivity index (χ1) is 12.8. The van der Waals surface area contributed by atoms with Crippen LogP contribution in [0.4, 0.5) is 9.59 Å². The highest BCUT2D eigenvalue weighted by Gasteiger charge is 2.28. The highest BCUT2D eigenvalue weighted by Crippen LogP contribution is 2.21. The average molecular weight is 385 g/mol. The lowest BCUT2D eigenvalue weighted by molar-refractivity contribution is -0.311. The Balaban J connectivity index is 1.64. The highest BCUT2D eigenvalue weighted by molar-refractivity contribution is 5.67. The van der Waals surface area contributed by atoms with Gasteiger partial charge in [-0.2, -0.15) is 4.89 Å². The van der Waals surface area contributed by atoms with E-state index in [1.807, 2.05) is 6.92 Å². The van der Waals surface area contributed by atoms with Crippen LogP contribution in [-0.4, -0.2) is 36.0 Å². The smallest absolute Gasteiger partial charge is 0.438 e. The molecule has 2 aliphatic carbocycles. The van der Waals surface area contributed by atoms with Crippen LogP contribution in [0, 0.1) is 0 Å². The summed E-state index contributed by atoms with van der Waals surface area (Å²) in [7, 11) is 0. The number of ether oxygens (including phenoxy) is 1. The molecule has 2 amide bonds. The summed E-state index contributed by atoms with van der Waals surface area (Å²) in [4.78, 5) is 34.2. The molecule has 1 atom stereocenters. The Morgan fingerprint density at radius 1 is 0.889 bits per heavy atom. The number of rotatable bonds is 7. The first-order valence-electron chi connectivity index (χ1n) is 10.5. The summed E-state index contributed by atoms with van der Waals surface area (Å²) in [6.07, 6.45) is 10.2. The lowest BCUT2D eigenvalue weighted by atomic mass is 9.96. The van der Waals surface area contributed by atoms with Gasteiger partial charge in [0.15, 0.2) is 0 Å². The van der Waals surface area contributed by atoms with Gasteiger partial charge in [0, 0.05) is 18.5 Å². The van der Waals surface area contributed by atoms with Gasteiger partial charge in [-0.3, -0.25) is 4.89 Å². The SMILES string of the molecule is CC(CC(C)(C)OOC(=O)NC1CCCCC1)OC(=O)NC1CCCCC1. The summed E-state index contributed by atoms with van der Waals surface area (Å²) in [6.45, 7) is 5.42. The van der Waals surface area contributed by atoms with E-state index in [1.165, 1.54) is 12.8 Å². The third-order valence-corrected chi connectivity index (χ3v) is 5.28. The largest absolute Gasteiger partial charge is 0.446 e. The summed E-state index contributed by atoms with van der Waals surface area (Å²) < 4.78 is 5.43. The van der Waals surface area contributed by atoms with Crippen LogP contribution >= 0.6 is 0 Å². The number of carbonyl (C=O) groups excluding carboxylic acids is 2. The van der Waals surface area contributed by atoms with Gasteiger partial charge >= 0.3 is 12.2 Å². The molecule has 2 N–H and O–H groups in total. The topological polar surface area (TPSA) is 85.9 Å². The first-order valence-corrected chi connectivity index (χ1v) is 10.5. The predicted octanol–water partition coefficient (Wildman–Crippen LogP) is 4.59. The monoisotopic (exact) mass is 384 g/mol. The molecule has 0 bridgehead atoms. The van der Waals surface area contributed by atoms with Crippen molar-refractivity contribution in [2.24, 2.45) is 0 Å². The van der Waals surface area contributed by atoms with Gasteiger partial charge in [-0.25, -0.2) is 9.59 Å². The number of carbonyl (C=O) groups is 2. The van der Waals surface area contributed by atoms with E-state index in [9.17, 15) is 9.59 Å². The van der Waals surface area contributed by atoms with E-state index < -0.39 is 11.7 Å². The minimum absolute atomic E-state index is 0.170. The number of hydrogen-bond donors (Lipinski definition) is 2. The van der Waals surface area contributed by atoms with Crippen molar-refractivity contribution in [1.82, 2.24) is 10.6 Å². The van der Waals surface area contributed by atoms with Crippen LogP contribution in [0.25, 0.3) is 0 Å². The van der Waals surface area contributed by atoms with Crippen molar-refractivity contribution in [3.05, 3.63) is 0 Å². The van der Waals surface area contributed by atoms with E-state index in [0.717, 1.165) is 51.4 Å². The molecular formula is C20H36N2O5. The van der Waals surface area contributed by atoms with Crippen LogP contribution in [0.3, 0.4) is 0 Å². The van der Waals surface area contributed by atoms with E-state index in [1.54, 1.807) is 13.8 Å². The molecule has 0 aliphatic heterocycles. The molecule has 156 valence electrons. The molecule has 7 heteroatoms. The fourth-order valence-electron chi connectivity index (χ4n) is 3.99. The zero-order valence-corrected chi connectivity index (χ0v) is 17.1. The van der Waals surface area contributed by atoms with Gasteiger partial charge in [-0.15, -0.1) is 0 Å². The molecule has 0 spiro atoms. The van der Waals surface area contributed by atoms with Gasteiger partial charge in [-0.1, -0.05) is 38.5 Å². The van der Waals surface area contributed by atoms with E-state index >= 15 is 0 Å². The number of hydrogen-bond acceptors (Lipinski definition) is 5. The van der Waals surface area contributed by atoms with Crippen molar-refractivity contribution in [2.45, 2.75) is 115 Å². The molecule has 2 rings (SSSR count). The molecule has 2 fully saturated rings. The molecule has 2 saturated carbocycles. The Bertz CT molecular complexity index is 471. The standard InChI is InChI=1S/C20H36N2O5/c1-15(25-18(23)21-16-10-6-4-7-11-16)14-20(2,3)27-26-19(24)22-17-12-8-5-9-13-17/h15-17H,4-14H2,1-3H3,(H,21,23)(H,22,24). The van der Waals surface area contributed by atoms with Crippen molar-refractivity contribution in [3.63, 3.8) is 0 Å². The number of nitrogens with one attached hydrogen (secondary N) is 2. The lowest BCUT2D eigenvalue weighted by Crippen LogP contribution is -2.41. The maximum absolute atomic E-state index is 12.0. The molecule has 0 radical (unpaired) electrons. The fourth-order valence-corrected chi connectivity index (χ4v) is 3.99. The second-order valence-corrected chi connectivity index (χ2v) is 8.59. The quantitative estimate of drug-likeness (QED) is 0.495. The molecule has 0 aromatic heterocycles. The number of amides is 2. The Morgan fingerprint density at radius 3 is 1.89 bits per heavy atom. The van der Waals surface area contributed by atoms with Gasteiger partial charge in [0.25, 0.3) is 0 Å². The first kappa shape index (κ1) is 21.8. The van der Waals surface area contributed by atoms with Crippen molar-refractivity contribution in [2.75, 3.05) is 0 Å². The van der Waals surface area contributed by atoms with Crippen LogP contribution in [0.15, 0.2) is 0 Å². The second kappa shape index (κ2) is 10.7. The molecule has 2 aliphatic rings. The third-order valence-electron chi connectivity index (χ3n) is 5.28. The van der Waals surface area contributed by atoms with Crippen LogP contribution in [0.1, 0.15) is 91.4 Å². The Morgan fingerprint density at radius 2 is 1.37 bits per heavy atom. The predicted molar refractivity (Wildman–Crippen MR) is 102 cm³/mol. The van der Waals surface area contributed by atoms with E-state index in [0.29, 0.717) is 6.42 Å². The summed E-state index contributed by atoms with van der Waals surface area (Å²) in [6, 6.07) is 0.387. The Kier molecular flexibility index (Phi) is 8.67. The maximum atomic E-state index is 12.0. The second-order valence-electron chi connectivity index (χ2n) is 8.59. The lowest BCUT2D eigenvalue weighted by Gasteiger charge is -2.28. The minimum atomic E-state index is -0.756. The third kappa shape index (κ3) is 8.82. The van der Waals surface area contributed by atoms with Gasteiger partial charge < -0.3 is 15.4 Å². The van der Waals surface area contributed by atoms with E-state index in [4.69, 9.17) is 14.5 Å². The molecular weight excluding hydrogens is 348 g/mol. The van der Waals surface area contributed by atoms with Crippen molar-refractivity contribution in [3.8, 4) is 0 Å². The Labute approximate surface area is 162 Å². The van der Waals surface area contributed by atoms with Crippen LogP contribution < -0.4 is 10.6 Å². The summed E-state index contributed by atoms with van der Waals surface area (Å²) in [5.74, 6) is 0. The summed E-state index contributed by atoms with van der Waals surface area (Å²) in [5, 5.41) is 5.77. The Hall–Kier alpha value is -1.50. The van der Waals surface area contributed by atoms with Crippen molar-refractivity contribution in [1.29, 1.82) is 0 Å². The molecule has 7 nitrogen and oxygen atoms in total. The molecule has 27 heavy (non-hydrogen) atoms. The van der Waals surface area contributed by atoms with Crippen molar-refractivity contribution >= 4 is 12.2 Å². The minimum Gasteiger partial charge on any atom is -0.446 e. The van der Waals surface area contributed by atoms with E-state index in [-0.39, 0.29) is 24.3 Å². The van der Waals surface area contributed by atoms with Gasteiger partial charge in [0.1, 0.15) is 11.7 Å². The molecule has 0 aromatic carbocycles.